The van der Waals surface area contributed by atoms with E-state index in [1.165, 1.54) is 22.7 Å². The van der Waals surface area contributed by atoms with Crippen molar-refractivity contribution in [3.05, 3.63) is 64.2 Å². The third kappa shape index (κ3) is 6.03. The van der Waals surface area contributed by atoms with Crippen LogP contribution in [0.25, 0.3) is 0 Å². The molecule has 0 spiro atoms. The summed E-state index contributed by atoms with van der Waals surface area (Å²) < 4.78 is 26.6. The van der Waals surface area contributed by atoms with Gasteiger partial charge in [0.25, 0.3) is 0 Å². The largest absolute Gasteiger partial charge is 0.350 e. The van der Waals surface area contributed by atoms with Crippen LogP contribution in [0.2, 0.25) is 5.02 Å². The molecule has 0 aromatic heterocycles. The lowest BCUT2D eigenvalue weighted by Gasteiger charge is -2.31. The minimum atomic E-state index is -3.71. The third-order valence-electron chi connectivity index (χ3n) is 5.90. The first-order valence-electron chi connectivity index (χ1n) is 11.0. The van der Waals surface area contributed by atoms with Gasteiger partial charge in [-0.2, -0.15) is 0 Å². The molecule has 1 saturated heterocycles. The van der Waals surface area contributed by atoms with Gasteiger partial charge >= 0.3 is 0 Å². The van der Waals surface area contributed by atoms with Crippen LogP contribution in [0.3, 0.4) is 0 Å². The number of carbonyl (C=O) groups is 1. The molecule has 1 fully saturated rings. The second kappa shape index (κ2) is 10.7. The molecule has 1 heterocycles. The summed E-state index contributed by atoms with van der Waals surface area (Å²) in [6.45, 7) is 7.03. The minimum absolute atomic E-state index is 0.326. The highest BCUT2D eigenvalue weighted by molar-refractivity contribution is 7.92. The molecule has 32 heavy (non-hydrogen) atoms. The van der Waals surface area contributed by atoms with E-state index in [1.54, 1.807) is 18.2 Å². The van der Waals surface area contributed by atoms with Crippen LogP contribution in [-0.4, -0.2) is 44.6 Å². The van der Waals surface area contributed by atoms with Gasteiger partial charge in [-0.25, -0.2) is 8.42 Å². The summed E-state index contributed by atoms with van der Waals surface area (Å²) in [5, 5.41) is 3.40. The molecule has 8 heteroatoms. The highest BCUT2D eigenvalue weighted by Crippen LogP contribution is 2.29. The molecular formula is C24H32ClN3O3S. The van der Waals surface area contributed by atoms with E-state index in [9.17, 15) is 13.2 Å². The molecule has 1 amide bonds. The van der Waals surface area contributed by atoms with Crippen molar-refractivity contribution in [2.75, 3.05) is 23.7 Å². The molecule has 0 saturated carbocycles. The van der Waals surface area contributed by atoms with Gasteiger partial charge in [0.05, 0.1) is 11.9 Å². The van der Waals surface area contributed by atoms with Crippen molar-refractivity contribution >= 4 is 33.2 Å². The highest BCUT2D eigenvalue weighted by Gasteiger charge is 2.32. The maximum Gasteiger partial charge on any atom is 0.244 e. The van der Waals surface area contributed by atoms with Crippen molar-refractivity contribution in [2.24, 2.45) is 0 Å². The molecule has 0 bridgehead atoms. The Labute approximate surface area is 196 Å². The number of hydrogen-bond acceptors (Lipinski definition) is 4. The lowest BCUT2D eigenvalue weighted by atomic mass is 10.1. The molecule has 0 unspecified atom stereocenters. The fourth-order valence-electron chi connectivity index (χ4n) is 4.22. The zero-order valence-corrected chi connectivity index (χ0v) is 20.5. The van der Waals surface area contributed by atoms with Crippen LogP contribution in [0.15, 0.2) is 42.5 Å². The zero-order valence-electron chi connectivity index (χ0n) is 19.0. The zero-order chi connectivity index (χ0) is 23.3. The number of halogens is 1. The number of likely N-dealkylation sites (tertiary alicyclic amines) is 1. The Morgan fingerprint density at radius 3 is 2.44 bits per heavy atom. The summed E-state index contributed by atoms with van der Waals surface area (Å²) in [6.07, 6.45) is 3.90. The molecule has 1 aliphatic rings. The van der Waals surface area contributed by atoms with Crippen molar-refractivity contribution in [3.63, 3.8) is 0 Å². The molecular weight excluding hydrogens is 446 g/mol. The number of nitrogens with one attached hydrogen (secondary N) is 1. The van der Waals surface area contributed by atoms with E-state index < -0.39 is 16.1 Å². The van der Waals surface area contributed by atoms with Crippen LogP contribution < -0.4 is 9.62 Å². The fraction of sp³-hybridized carbons (Fsp3) is 0.458. The topological polar surface area (TPSA) is 69.7 Å². The van der Waals surface area contributed by atoms with E-state index in [2.05, 4.69) is 16.3 Å². The molecule has 2 aromatic carbocycles. The predicted octanol–water partition coefficient (Wildman–Crippen LogP) is 4.11. The van der Waals surface area contributed by atoms with Crippen molar-refractivity contribution in [2.45, 2.75) is 52.2 Å². The Morgan fingerprint density at radius 1 is 1.16 bits per heavy atom. The van der Waals surface area contributed by atoms with Crippen molar-refractivity contribution in [3.8, 4) is 0 Å². The van der Waals surface area contributed by atoms with Crippen LogP contribution in [0, 0.1) is 6.92 Å². The Hall–Kier alpha value is -2.09. The number of carbonyl (C=O) groups excluding carboxylic acids is 1. The Kier molecular flexibility index (Phi) is 8.20. The monoisotopic (exact) mass is 477 g/mol. The van der Waals surface area contributed by atoms with E-state index in [0.29, 0.717) is 23.7 Å². The van der Waals surface area contributed by atoms with Gasteiger partial charge < -0.3 is 5.32 Å². The summed E-state index contributed by atoms with van der Waals surface area (Å²) in [5.74, 6) is -0.326. The van der Waals surface area contributed by atoms with Crippen molar-refractivity contribution in [1.29, 1.82) is 0 Å². The molecule has 2 aromatic rings. The summed E-state index contributed by atoms with van der Waals surface area (Å²) in [5.41, 5.74) is 3.40. The van der Waals surface area contributed by atoms with E-state index >= 15 is 0 Å². The molecule has 0 radical (unpaired) electrons. The first kappa shape index (κ1) is 24.6. The van der Waals surface area contributed by atoms with Gasteiger partial charge in [0.1, 0.15) is 6.04 Å². The number of rotatable bonds is 9. The minimum Gasteiger partial charge on any atom is -0.350 e. The molecule has 0 aliphatic carbocycles. The number of hydrogen-bond donors (Lipinski definition) is 1. The number of nitrogens with zero attached hydrogens (tertiary/aromatic N) is 2. The van der Waals surface area contributed by atoms with Gasteiger partial charge in [-0.05, 0) is 68.1 Å². The van der Waals surface area contributed by atoms with Crippen LogP contribution in [0.1, 0.15) is 42.9 Å². The van der Waals surface area contributed by atoms with E-state index in [1.807, 2.05) is 32.0 Å². The molecule has 1 atom stereocenters. The summed E-state index contributed by atoms with van der Waals surface area (Å²) in [6, 6.07) is 12.3. The van der Waals surface area contributed by atoms with Crippen LogP contribution in [-0.2, 0) is 27.9 Å². The van der Waals surface area contributed by atoms with Gasteiger partial charge in [0.2, 0.25) is 15.9 Å². The van der Waals surface area contributed by atoms with Gasteiger partial charge in [-0.15, -0.1) is 0 Å². The first-order chi connectivity index (χ1) is 15.2. The maximum atomic E-state index is 13.2. The Balaban J connectivity index is 1.80. The predicted molar refractivity (Wildman–Crippen MR) is 130 cm³/mol. The van der Waals surface area contributed by atoms with Crippen molar-refractivity contribution < 1.29 is 13.2 Å². The number of sulfonamides is 1. The average molecular weight is 478 g/mol. The number of aryl methyl sites for hydroxylation is 1. The summed E-state index contributed by atoms with van der Waals surface area (Å²) in [4.78, 5) is 15.6. The molecule has 174 valence electrons. The lowest BCUT2D eigenvalue weighted by Crippen LogP contribution is -2.49. The van der Waals surface area contributed by atoms with E-state index in [-0.39, 0.29) is 5.91 Å². The fourth-order valence-corrected chi connectivity index (χ4v) is 5.65. The first-order valence-corrected chi connectivity index (χ1v) is 13.3. The van der Waals surface area contributed by atoms with Crippen LogP contribution in [0.4, 0.5) is 5.69 Å². The highest BCUT2D eigenvalue weighted by atomic mass is 35.5. The number of amides is 1. The summed E-state index contributed by atoms with van der Waals surface area (Å²) >= 11 is 6.14. The van der Waals surface area contributed by atoms with Gasteiger partial charge in [0, 0.05) is 18.1 Å². The average Bonchev–Trinajstić information content (AvgIpc) is 3.25. The maximum absolute atomic E-state index is 13.2. The van der Waals surface area contributed by atoms with Crippen molar-refractivity contribution in [1.82, 2.24) is 10.2 Å². The normalized spacial score (nSPS) is 15.5. The number of benzene rings is 2. The number of anilines is 1. The third-order valence-corrected chi connectivity index (χ3v) is 7.30. The van der Waals surface area contributed by atoms with E-state index in [4.69, 9.17) is 11.6 Å². The summed E-state index contributed by atoms with van der Waals surface area (Å²) in [7, 11) is -3.71. The quantitative estimate of drug-likeness (QED) is 0.590. The van der Waals surface area contributed by atoms with Gasteiger partial charge in [-0.1, -0.05) is 48.9 Å². The Bertz CT molecular complexity index is 1050. The smallest absolute Gasteiger partial charge is 0.244 e. The van der Waals surface area contributed by atoms with Gasteiger partial charge in [0.15, 0.2) is 0 Å². The Morgan fingerprint density at radius 2 is 1.81 bits per heavy atom. The molecule has 1 N–H and O–H groups in total. The second-order valence-electron chi connectivity index (χ2n) is 8.38. The molecule has 1 aliphatic heterocycles. The standard InChI is InChI=1S/C24H32ClN3O3S/c1-4-22(28(32(3,30)31)23-15-21(25)12-11-18(23)2)24(29)26-16-19-9-5-6-10-20(19)17-27-13-7-8-14-27/h5-6,9-12,15,22H,4,7-8,13-14,16-17H2,1-3H3,(H,26,29)/t22-/m0/s1. The second-order valence-corrected chi connectivity index (χ2v) is 10.7. The van der Waals surface area contributed by atoms with E-state index in [0.717, 1.165) is 37.0 Å². The van der Waals surface area contributed by atoms with Crippen LogP contribution >= 0.6 is 11.6 Å². The lowest BCUT2D eigenvalue weighted by molar-refractivity contribution is -0.122. The molecule has 6 nitrogen and oxygen atoms in total. The SMILES string of the molecule is CC[C@@H](C(=O)NCc1ccccc1CN1CCCC1)N(c1cc(Cl)ccc1C)S(C)(=O)=O. The molecule has 3 rings (SSSR count). The van der Waals surface area contributed by atoms with Gasteiger partial charge in [-0.3, -0.25) is 14.0 Å². The van der Waals surface area contributed by atoms with Crippen LogP contribution in [0.5, 0.6) is 0 Å².